The largest absolute Gasteiger partial charge is 0.495 e. The van der Waals surface area contributed by atoms with E-state index in [0.29, 0.717) is 13.2 Å². The molecular weight excluding hydrogens is 264 g/mol. The summed E-state index contributed by atoms with van der Waals surface area (Å²) in [4.78, 5) is 0. The summed E-state index contributed by atoms with van der Waals surface area (Å²) in [6, 6.07) is 16.1. The normalized spacial score (nSPS) is 12.0. The lowest BCUT2D eigenvalue weighted by Crippen LogP contribution is -2.21. The highest BCUT2D eigenvalue weighted by molar-refractivity contribution is 5.57. The molecule has 2 aromatic carbocycles. The summed E-state index contributed by atoms with van der Waals surface area (Å²) in [6.45, 7) is 1.09. The molecule has 0 aliphatic rings. The van der Waals surface area contributed by atoms with Crippen LogP contribution < -0.4 is 15.8 Å². The number of anilines is 1. The van der Waals surface area contributed by atoms with Crippen LogP contribution in [-0.2, 0) is 11.3 Å². The van der Waals surface area contributed by atoms with Gasteiger partial charge in [-0.1, -0.05) is 36.4 Å². The fraction of sp³-hybridized carbons (Fsp3) is 0.294. The number of benzene rings is 2. The maximum atomic E-state index is 5.93. The number of nitrogens with two attached hydrogens (primary N) is 1. The highest BCUT2D eigenvalue weighted by Gasteiger charge is 2.12. The second kappa shape index (κ2) is 7.67. The fourth-order valence-electron chi connectivity index (χ4n) is 2.30. The molecule has 0 spiro atoms. The van der Waals surface area contributed by atoms with Crippen LogP contribution in [0.5, 0.6) is 5.75 Å². The SMILES string of the molecule is COCc1cccc(C(CN)Nc2ccccc2OC)c1. The van der Waals surface area contributed by atoms with E-state index < -0.39 is 0 Å². The van der Waals surface area contributed by atoms with Gasteiger partial charge in [-0.15, -0.1) is 0 Å². The van der Waals surface area contributed by atoms with E-state index in [4.69, 9.17) is 15.2 Å². The summed E-state index contributed by atoms with van der Waals surface area (Å²) < 4.78 is 10.5. The molecule has 4 heteroatoms. The maximum absolute atomic E-state index is 5.93. The first-order valence-corrected chi connectivity index (χ1v) is 6.96. The van der Waals surface area contributed by atoms with Crippen molar-refractivity contribution in [3.8, 4) is 5.75 Å². The van der Waals surface area contributed by atoms with Crippen LogP contribution in [-0.4, -0.2) is 20.8 Å². The summed E-state index contributed by atoms with van der Waals surface area (Å²) >= 11 is 0. The minimum Gasteiger partial charge on any atom is -0.495 e. The van der Waals surface area contributed by atoms with Gasteiger partial charge in [-0.25, -0.2) is 0 Å². The Kier molecular flexibility index (Phi) is 5.60. The van der Waals surface area contributed by atoms with Gasteiger partial charge in [0.05, 0.1) is 25.4 Å². The number of para-hydroxylation sites is 2. The lowest BCUT2D eigenvalue weighted by Gasteiger charge is -2.21. The van der Waals surface area contributed by atoms with Crippen LogP contribution >= 0.6 is 0 Å². The first kappa shape index (κ1) is 15.4. The van der Waals surface area contributed by atoms with Crippen LogP contribution in [0.2, 0.25) is 0 Å². The molecule has 0 radical (unpaired) electrons. The number of methoxy groups -OCH3 is 2. The monoisotopic (exact) mass is 286 g/mol. The van der Waals surface area contributed by atoms with E-state index in [1.807, 2.05) is 36.4 Å². The second-order valence-electron chi connectivity index (χ2n) is 4.81. The zero-order valence-electron chi connectivity index (χ0n) is 12.5. The Labute approximate surface area is 125 Å². The number of nitrogens with one attached hydrogen (secondary N) is 1. The molecular formula is C17H22N2O2. The standard InChI is InChI=1S/C17H22N2O2/c1-20-12-13-6-5-7-14(10-13)16(11-18)19-15-8-3-4-9-17(15)21-2/h3-10,16,19H,11-12,18H2,1-2H3. The lowest BCUT2D eigenvalue weighted by atomic mass is 10.0. The lowest BCUT2D eigenvalue weighted by molar-refractivity contribution is 0.185. The van der Waals surface area contributed by atoms with E-state index in [-0.39, 0.29) is 6.04 Å². The number of rotatable bonds is 7. The summed E-state index contributed by atoms with van der Waals surface area (Å²) in [5.74, 6) is 0.809. The third-order valence-electron chi connectivity index (χ3n) is 3.34. The van der Waals surface area contributed by atoms with Gasteiger partial charge < -0.3 is 20.5 Å². The van der Waals surface area contributed by atoms with Crippen molar-refractivity contribution < 1.29 is 9.47 Å². The molecule has 0 aliphatic heterocycles. The molecule has 1 unspecified atom stereocenters. The van der Waals surface area contributed by atoms with E-state index in [0.717, 1.165) is 22.6 Å². The van der Waals surface area contributed by atoms with Crippen LogP contribution in [0.25, 0.3) is 0 Å². The van der Waals surface area contributed by atoms with Gasteiger partial charge in [0.25, 0.3) is 0 Å². The molecule has 2 aromatic rings. The van der Waals surface area contributed by atoms with Crippen LogP contribution in [0.15, 0.2) is 48.5 Å². The number of hydrogen-bond donors (Lipinski definition) is 2. The Bertz CT molecular complexity index is 572. The smallest absolute Gasteiger partial charge is 0.141 e. The average Bonchev–Trinajstić information content (AvgIpc) is 2.53. The van der Waals surface area contributed by atoms with Crippen molar-refractivity contribution in [2.45, 2.75) is 12.6 Å². The molecule has 0 amide bonds. The molecule has 0 aliphatic carbocycles. The molecule has 0 saturated heterocycles. The Morgan fingerprint density at radius 1 is 1.10 bits per heavy atom. The minimum absolute atomic E-state index is 0.0260. The molecule has 112 valence electrons. The van der Waals surface area contributed by atoms with E-state index in [1.54, 1.807) is 14.2 Å². The molecule has 0 saturated carbocycles. The van der Waals surface area contributed by atoms with Gasteiger partial charge in [0.1, 0.15) is 5.75 Å². The highest BCUT2D eigenvalue weighted by atomic mass is 16.5. The topological polar surface area (TPSA) is 56.5 Å². The zero-order valence-corrected chi connectivity index (χ0v) is 12.5. The van der Waals surface area contributed by atoms with Gasteiger partial charge in [0.2, 0.25) is 0 Å². The predicted octanol–water partition coefficient (Wildman–Crippen LogP) is 2.95. The predicted molar refractivity (Wildman–Crippen MR) is 85.6 cm³/mol. The van der Waals surface area contributed by atoms with Crippen LogP contribution in [0.1, 0.15) is 17.2 Å². The summed E-state index contributed by atoms with van der Waals surface area (Å²) in [5.41, 5.74) is 9.14. The summed E-state index contributed by atoms with van der Waals surface area (Å²) in [7, 11) is 3.36. The number of ether oxygens (including phenoxy) is 2. The van der Waals surface area contributed by atoms with Crippen molar-refractivity contribution in [1.29, 1.82) is 0 Å². The average molecular weight is 286 g/mol. The van der Waals surface area contributed by atoms with Crippen molar-refractivity contribution in [3.05, 3.63) is 59.7 Å². The van der Waals surface area contributed by atoms with Crippen molar-refractivity contribution >= 4 is 5.69 Å². The minimum atomic E-state index is 0.0260. The Morgan fingerprint density at radius 3 is 2.62 bits per heavy atom. The van der Waals surface area contributed by atoms with E-state index >= 15 is 0 Å². The van der Waals surface area contributed by atoms with E-state index in [2.05, 4.69) is 17.4 Å². The molecule has 0 fully saturated rings. The molecule has 0 heterocycles. The molecule has 4 nitrogen and oxygen atoms in total. The number of hydrogen-bond acceptors (Lipinski definition) is 4. The molecule has 1 atom stereocenters. The van der Waals surface area contributed by atoms with Crippen LogP contribution in [0.3, 0.4) is 0 Å². The second-order valence-corrected chi connectivity index (χ2v) is 4.81. The quantitative estimate of drug-likeness (QED) is 0.821. The Balaban J connectivity index is 2.21. The molecule has 0 aromatic heterocycles. The summed E-state index contributed by atoms with van der Waals surface area (Å²) in [5, 5.41) is 3.44. The first-order valence-electron chi connectivity index (χ1n) is 6.96. The van der Waals surface area contributed by atoms with Crippen molar-refractivity contribution in [2.24, 2.45) is 5.73 Å². The van der Waals surface area contributed by atoms with Gasteiger partial charge in [0.15, 0.2) is 0 Å². The zero-order chi connectivity index (χ0) is 15.1. The van der Waals surface area contributed by atoms with Crippen LogP contribution in [0, 0.1) is 0 Å². The van der Waals surface area contributed by atoms with E-state index in [1.165, 1.54) is 0 Å². The first-order chi connectivity index (χ1) is 10.3. The Morgan fingerprint density at radius 2 is 1.90 bits per heavy atom. The van der Waals surface area contributed by atoms with Crippen LogP contribution in [0.4, 0.5) is 5.69 Å². The maximum Gasteiger partial charge on any atom is 0.141 e. The van der Waals surface area contributed by atoms with Gasteiger partial charge in [-0.3, -0.25) is 0 Å². The van der Waals surface area contributed by atoms with Crippen molar-refractivity contribution in [3.63, 3.8) is 0 Å². The molecule has 0 bridgehead atoms. The summed E-state index contributed by atoms with van der Waals surface area (Å²) in [6.07, 6.45) is 0. The molecule has 3 N–H and O–H groups in total. The van der Waals surface area contributed by atoms with Gasteiger partial charge in [0, 0.05) is 13.7 Å². The van der Waals surface area contributed by atoms with Gasteiger partial charge in [-0.2, -0.15) is 0 Å². The van der Waals surface area contributed by atoms with Gasteiger partial charge in [-0.05, 0) is 23.3 Å². The van der Waals surface area contributed by atoms with E-state index in [9.17, 15) is 0 Å². The third kappa shape index (κ3) is 3.97. The Hall–Kier alpha value is -2.04. The fourth-order valence-corrected chi connectivity index (χ4v) is 2.30. The highest BCUT2D eigenvalue weighted by Crippen LogP contribution is 2.27. The van der Waals surface area contributed by atoms with Crippen molar-refractivity contribution in [2.75, 3.05) is 26.1 Å². The molecule has 21 heavy (non-hydrogen) atoms. The molecule has 2 rings (SSSR count). The van der Waals surface area contributed by atoms with Gasteiger partial charge >= 0.3 is 0 Å². The third-order valence-corrected chi connectivity index (χ3v) is 3.34. The van der Waals surface area contributed by atoms with Crippen molar-refractivity contribution in [1.82, 2.24) is 0 Å².